The first kappa shape index (κ1) is 10.1. The molecule has 0 bridgehead atoms. The maximum absolute atomic E-state index is 5.59. The van der Waals surface area contributed by atoms with E-state index < -0.39 is 0 Å². The first-order valence-corrected chi connectivity index (χ1v) is 6.32. The molecule has 1 aromatic rings. The van der Waals surface area contributed by atoms with E-state index in [1.54, 1.807) is 11.8 Å². The van der Waals surface area contributed by atoms with Gasteiger partial charge in [0.15, 0.2) is 0 Å². The third kappa shape index (κ3) is 1.70. The first-order chi connectivity index (χ1) is 6.72. The van der Waals surface area contributed by atoms with Gasteiger partial charge in [0, 0.05) is 13.1 Å². The number of halogens is 1. The number of rotatable bonds is 1. The van der Waals surface area contributed by atoms with Crippen LogP contribution in [0, 0.1) is 0 Å². The highest BCUT2D eigenvalue weighted by atomic mass is 79.9. The predicted molar refractivity (Wildman–Crippen MR) is 62.5 cm³/mol. The lowest BCUT2D eigenvalue weighted by atomic mass is 10.3. The molecule has 5 heteroatoms. The van der Waals surface area contributed by atoms with Crippen LogP contribution in [-0.4, -0.2) is 31.4 Å². The molecule has 0 atom stereocenters. The summed E-state index contributed by atoms with van der Waals surface area (Å²) in [4.78, 5) is 6.57. The molecular weight excluding hydrogens is 264 g/mol. The standard InChI is InChI=1S/C9H11BrN2OS/c1-12-3-4-13-6-5-7(14-2)11-9(10)8(6)12/h5H,3-4H2,1-2H3. The number of ether oxygens (including phenoxy) is 1. The smallest absolute Gasteiger partial charge is 0.148 e. The van der Waals surface area contributed by atoms with Crippen molar-refractivity contribution in [2.45, 2.75) is 5.03 Å². The Balaban J connectivity index is 2.51. The molecule has 0 unspecified atom stereocenters. The van der Waals surface area contributed by atoms with Crippen molar-refractivity contribution in [3.8, 4) is 5.75 Å². The van der Waals surface area contributed by atoms with Gasteiger partial charge in [-0.05, 0) is 22.2 Å². The lowest BCUT2D eigenvalue weighted by Gasteiger charge is -2.28. The summed E-state index contributed by atoms with van der Waals surface area (Å²) < 4.78 is 6.45. The summed E-state index contributed by atoms with van der Waals surface area (Å²) in [6, 6.07) is 1.99. The minimum atomic E-state index is 0.744. The summed E-state index contributed by atoms with van der Waals surface area (Å²) >= 11 is 5.09. The second-order valence-corrected chi connectivity index (χ2v) is 4.65. The SMILES string of the molecule is CSc1cc2c(c(Br)n1)N(C)CCO2. The molecule has 76 valence electrons. The number of anilines is 1. The summed E-state index contributed by atoms with van der Waals surface area (Å²) in [7, 11) is 2.05. The highest BCUT2D eigenvalue weighted by Gasteiger charge is 2.19. The summed E-state index contributed by atoms with van der Waals surface area (Å²) in [6.45, 7) is 1.65. The van der Waals surface area contributed by atoms with Crippen molar-refractivity contribution >= 4 is 33.4 Å². The lowest BCUT2D eigenvalue weighted by molar-refractivity contribution is 0.309. The van der Waals surface area contributed by atoms with Crippen molar-refractivity contribution in [1.29, 1.82) is 0 Å². The Kier molecular flexibility index (Phi) is 2.88. The van der Waals surface area contributed by atoms with Gasteiger partial charge < -0.3 is 9.64 Å². The van der Waals surface area contributed by atoms with Gasteiger partial charge in [0.2, 0.25) is 0 Å². The van der Waals surface area contributed by atoms with Crippen molar-refractivity contribution in [2.75, 3.05) is 31.4 Å². The quantitative estimate of drug-likeness (QED) is 0.580. The number of pyridine rings is 1. The van der Waals surface area contributed by atoms with E-state index in [4.69, 9.17) is 4.74 Å². The fourth-order valence-corrected chi connectivity index (χ4v) is 2.64. The van der Waals surface area contributed by atoms with Crippen molar-refractivity contribution in [3.63, 3.8) is 0 Å². The minimum Gasteiger partial charge on any atom is -0.489 e. The van der Waals surface area contributed by atoms with Crippen LogP contribution in [0.15, 0.2) is 15.7 Å². The van der Waals surface area contributed by atoms with Gasteiger partial charge in [0.25, 0.3) is 0 Å². The third-order valence-electron chi connectivity index (χ3n) is 2.17. The van der Waals surface area contributed by atoms with Gasteiger partial charge in [0.1, 0.15) is 27.7 Å². The monoisotopic (exact) mass is 274 g/mol. The molecule has 0 aliphatic carbocycles. The molecular formula is C9H11BrN2OS. The topological polar surface area (TPSA) is 25.4 Å². The zero-order valence-electron chi connectivity index (χ0n) is 8.08. The van der Waals surface area contributed by atoms with Gasteiger partial charge in [-0.2, -0.15) is 0 Å². The number of aromatic nitrogens is 1. The van der Waals surface area contributed by atoms with Gasteiger partial charge >= 0.3 is 0 Å². The van der Waals surface area contributed by atoms with Crippen LogP contribution >= 0.6 is 27.7 Å². The summed E-state index contributed by atoms with van der Waals surface area (Å²) in [6.07, 6.45) is 2.01. The Labute approximate surface area is 96.0 Å². The largest absolute Gasteiger partial charge is 0.489 e. The Hall–Kier alpha value is -0.420. The zero-order chi connectivity index (χ0) is 10.1. The number of likely N-dealkylation sites (N-methyl/N-ethyl adjacent to an activating group) is 1. The van der Waals surface area contributed by atoms with E-state index in [1.807, 2.05) is 19.4 Å². The van der Waals surface area contributed by atoms with Crippen LogP contribution < -0.4 is 9.64 Å². The third-order valence-corrected chi connectivity index (χ3v) is 3.35. The molecule has 1 aliphatic rings. The van der Waals surface area contributed by atoms with Crippen LogP contribution in [0.1, 0.15) is 0 Å². The molecule has 0 fully saturated rings. The molecule has 3 nitrogen and oxygen atoms in total. The number of hydrogen-bond acceptors (Lipinski definition) is 4. The van der Waals surface area contributed by atoms with E-state index in [-0.39, 0.29) is 0 Å². The number of thioether (sulfide) groups is 1. The Morgan fingerprint density at radius 2 is 2.43 bits per heavy atom. The van der Waals surface area contributed by atoms with E-state index in [1.165, 1.54) is 0 Å². The van der Waals surface area contributed by atoms with Crippen LogP contribution in [0.3, 0.4) is 0 Å². The zero-order valence-corrected chi connectivity index (χ0v) is 10.5. The molecule has 14 heavy (non-hydrogen) atoms. The van der Waals surface area contributed by atoms with E-state index >= 15 is 0 Å². The normalized spacial score (nSPS) is 14.9. The van der Waals surface area contributed by atoms with E-state index in [2.05, 4.69) is 25.8 Å². The Morgan fingerprint density at radius 1 is 1.64 bits per heavy atom. The number of hydrogen-bond donors (Lipinski definition) is 0. The Morgan fingerprint density at radius 3 is 3.14 bits per heavy atom. The van der Waals surface area contributed by atoms with Crippen molar-refractivity contribution in [1.82, 2.24) is 4.98 Å². The predicted octanol–water partition coefficient (Wildman–Crippen LogP) is 2.39. The van der Waals surface area contributed by atoms with Gasteiger partial charge in [-0.25, -0.2) is 4.98 Å². The number of nitrogens with zero attached hydrogens (tertiary/aromatic N) is 2. The van der Waals surface area contributed by atoms with Crippen LogP contribution in [0.25, 0.3) is 0 Å². The second kappa shape index (κ2) is 3.98. The lowest BCUT2D eigenvalue weighted by Crippen LogP contribution is -2.29. The molecule has 1 aromatic heterocycles. The summed E-state index contributed by atoms with van der Waals surface area (Å²) in [5, 5.41) is 0.978. The van der Waals surface area contributed by atoms with E-state index in [9.17, 15) is 0 Å². The first-order valence-electron chi connectivity index (χ1n) is 4.31. The molecule has 0 N–H and O–H groups in total. The maximum atomic E-state index is 5.59. The Bertz CT molecular complexity index is 359. The van der Waals surface area contributed by atoms with Crippen molar-refractivity contribution in [2.24, 2.45) is 0 Å². The van der Waals surface area contributed by atoms with Gasteiger partial charge in [-0.15, -0.1) is 11.8 Å². The molecule has 0 saturated carbocycles. The molecule has 0 saturated heterocycles. The molecule has 0 amide bonds. The summed E-state index contributed by atoms with van der Waals surface area (Å²) in [5.41, 5.74) is 1.05. The second-order valence-electron chi connectivity index (χ2n) is 3.07. The van der Waals surface area contributed by atoms with Crippen LogP contribution in [-0.2, 0) is 0 Å². The van der Waals surface area contributed by atoms with Crippen LogP contribution in [0.2, 0.25) is 0 Å². The van der Waals surface area contributed by atoms with Gasteiger partial charge in [-0.1, -0.05) is 0 Å². The van der Waals surface area contributed by atoms with Crippen LogP contribution in [0.5, 0.6) is 5.75 Å². The van der Waals surface area contributed by atoms with Gasteiger partial charge in [-0.3, -0.25) is 0 Å². The fourth-order valence-electron chi connectivity index (χ4n) is 1.43. The number of fused-ring (bicyclic) bond motifs is 1. The molecule has 0 radical (unpaired) electrons. The fraction of sp³-hybridized carbons (Fsp3) is 0.444. The average molecular weight is 275 g/mol. The average Bonchev–Trinajstić information content (AvgIpc) is 2.17. The molecule has 2 heterocycles. The van der Waals surface area contributed by atoms with Crippen molar-refractivity contribution < 1.29 is 4.74 Å². The van der Waals surface area contributed by atoms with Gasteiger partial charge in [0.05, 0.1) is 6.54 Å². The maximum Gasteiger partial charge on any atom is 0.148 e. The minimum absolute atomic E-state index is 0.744. The molecule has 2 rings (SSSR count). The molecule has 0 aromatic carbocycles. The molecule has 0 spiro atoms. The molecule has 1 aliphatic heterocycles. The summed E-state index contributed by atoms with van der Waals surface area (Å²) in [5.74, 6) is 0.921. The van der Waals surface area contributed by atoms with E-state index in [0.29, 0.717) is 0 Å². The van der Waals surface area contributed by atoms with Crippen LogP contribution in [0.4, 0.5) is 5.69 Å². The van der Waals surface area contributed by atoms with Crippen molar-refractivity contribution in [3.05, 3.63) is 10.7 Å². The van der Waals surface area contributed by atoms with E-state index in [0.717, 1.165) is 34.2 Å². The highest BCUT2D eigenvalue weighted by molar-refractivity contribution is 9.10. The highest BCUT2D eigenvalue weighted by Crippen LogP contribution is 2.38.